The fraction of sp³-hybridized carbons (Fsp3) is 0.588. The van der Waals surface area contributed by atoms with E-state index in [1.54, 1.807) is 0 Å². The maximum absolute atomic E-state index is 11.8. The molecule has 0 aromatic heterocycles. The summed E-state index contributed by atoms with van der Waals surface area (Å²) in [6, 6.07) is 9.97. The van der Waals surface area contributed by atoms with Gasteiger partial charge in [0.15, 0.2) is 0 Å². The van der Waals surface area contributed by atoms with Crippen molar-refractivity contribution in [2.75, 3.05) is 0 Å². The molecule has 0 bridgehead atoms. The van der Waals surface area contributed by atoms with Gasteiger partial charge in [-0.1, -0.05) is 30.3 Å². The number of hydrogen-bond donors (Lipinski definition) is 1. The lowest BCUT2D eigenvalue weighted by Crippen LogP contribution is -2.39. The summed E-state index contributed by atoms with van der Waals surface area (Å²) in [5, 5.41) is 2.96. The molecule has 0 aliphatic heterocycles. The highest BCUT2D eigenvalue weighted by molar-refractivity contribution is 5.67. The highest BCUT2D eigenvalue weighted by atomic mass is 16.5. The lowest BCUT2D eigenvalue weighted by Gasteiger charge is -2.28. The van der Waals surface area contributed by atoms with Gasteiger partial charge in [-0.25, -0.2) is 4.79 Å². The standard InChI is InChI=1S/C17H23NO3/c19-17(20-12-13-4-2-1-3-5-13)18-14-6-8-15(9-7-14)21-16-10-11-16/h1-5,14-16H,6-12H2,(H,18,19). The number of amides is 1. The van der Waals surface area contributed by atoms with E-state index in [-0.39, 0.29) is 12.1 Å². The second-order valence-corrected chi connectivity index (χ2v) is 6.02. The zero-order valence-electron chi connectivity index (χ0n) is 12.3. The second-order valence-electron chi connectivity index (χ2n) is 6.02. The molecule has 0 radical (unpaired) electrons. The summed E-state index contributed by atoms with van der Waals surface area (Å²) in [5.41, 5.74) is 1.01. The Morgan fingerprint density at radius 1 is 1.00 bits per heavy atom. The zero-order valence-corrected chi connectivity index (χ0v) is 12.3. The van der Waals surface area contributed by atoms with Gasteiger partial charge in [0.1, 0.15) is 6.61 Å². The Balaban J connectivity index is 1.33. The van der Waals surface area contributed by atoms with Gasteiger partial charge in [-0.15, -0.1) is 0 Å². The largest absolute Gasteiger partial charge is 0.445 e. The molecule has 2 aliphatic rings. The summed E-state index contributed by atoms with van der Waals surface area (Å²) in [5.74, 6) is 0. The van der Waals surface area contributed by atoms with Crippen molar-refractivity contribution in [2.24, 2.45) is 0 Å². The summed E-state index contributed by atoms with van der Waals surface area (Å²) < 4.78 is 11.2. The van der Waals surface area contributed by atoms with Gasteiger partial charge < -0.3 is 14.8 Å². The van der Waals surface area contributed by atoms with Crippen LogP contribution in [0, 0.1) is 0 Å². The van der Waals surface area contributed by atoms with Crippen LogP contribution < -0.4 is 5.32 Å². The first-order valence-corrected chi connectivity index (χ1v) is 7.92. The van der Waals surface area contributed by atoms with Crippen LogP contribution in [0.4, 0.5) is 4.79 Å². The van der Waals surface area contributed by atoms with Crippen molar-refractivity contribution in [1.29, 1.82) is 0 Å². The molecule has 4 nitrogen and oxygen atoms in total. The molecule has 1 aromatic rings. The topological polar surface area (TPSA) is 47.6 Å². The van der Waals surface area contributed by atoms with E-state index in [0.717, 1.165) is 31.2 Å². The Morgan fingerprint density at radius 2 is 1.62 bits per heavy atom. The number of carbonyl (C=O) groups is 1. The fourth-order valence-electron chi connectivity index (χ4n) is 2.75. The number of alkyl carbamates (subject to hydrolysis) is 1. The van der Waals surface area contributed by atoms with Crippen LogP contribution in [0.3, 0.4) is 0 Å². The molecule has 4 heteroatoms. The van der Waals surface area contributed by atoms with E-state index in [0.29, 0.717) is 18.8 Å². The van der Waals surface area contributed by atoms with E-state index >= 15 is 0 Å². The smallest absolute Gasteiger partial charge is 0.407 e. The van der Waals surface area contributed by atoms with Gasteiger partial charge >= 0.3 is 6.09 Å². The summed E-state index contributed by atoms with van der Waals surface area (Å²) in [6.45, 7) is 0.326. The Bertz CT molecular complexity index is 450. The molecule has 0 spiro atoms. The van der Waals surface area contributed by atoms with Crippen LogP contribution in [-0.2, 0) is 16.1 Å². The lowest BCUT2D eigenvalue weighted by molar-refractivity contribution is 0.0106. The van der Waals surface area contributed by atoms with Gasteiger partial charge in [0.05, 0.1) is 12.2 Å². The minimum absolute atomic E-state index is 0.229. The Kier molecular flexibility index (Phi) is 4.76. The first-order valence-electron chi connectivity index (χ1n) is 7.92. The maximum Gasteiger partial charge on any atom is 0.407 e. The first kappa shape index (κ1) is 14.4. The fourth-order valence-corrected chi connectivity index (χ4v) is 2.75. The van der Waals surface area contributed by atoms with Crippen molar-refractivity contribution in [3.05, 3.63) is 35.9 Å². The van der Waals surface area contributed by atoms with Crippen molar-refractivity contribution in [1.82, 2.24) is 5.32 Å². The molecule has 1 N–H and O–H groups in total. The minimum atomic E-state index is -0.314. The third-order valence-electron chi connectivity index (χ3n) is 4.12. The van der Waals surface area contributed by atoms with Gasteiger partial charge in [-0.3, -0.25) is 0 Å². The summed E-state index contributed by atoms with van der Waals surface area (Å²) in [7, 11) is 0. The highest BCUT2D eigenvalue weighted by Gasteiger charge is 2.29. The molecule has 2 aliphatic carbocycles. The molecular formula is C17H23NO3. The van der Waals surface area contributed by atoms with Crippen LogP contribution in [0.1, 0.15) is 44.1 Å². The number of benzene rings is 1. The third-order valence-corrected chi connectivity index (χ3v) is 4.12. The van der Waals surface area contributed by atoms with E-state index < -0.39 is 0 Å². The molecule has 0 atom stereocenters. The van der Waals surface area contributed by atoms with Crippen LogP contribution in [-0.4, -0.2) is 24.3 Å². The summed E-state index contributed by atoms with van der Waals surface area (Å²) >= 11 is 0. The van der Waals surface area contributed by atoms with E-state index in [1.165, 1.54) is 12.8 Å². The number of ether oxygens (including phenoxy) is 2. The molecule has 1 amide bonds. The average Bonchev–Trinajstić information content (AvgIpc) is 3.32. The van der Waals surface area contributed by atoms with Crippen molar-refractivity contribution in [2.45, 2.75) is 63.4 Å². The van der Waals surface area contributed by atoms with Crippen LogP contribution in [0.2, 0.25) is 0 Å². The van der Waals surface area contributed by atoms with E-state index in [4.69, 9.17) is 9.47 Å². The van der Waals surface area contributed by atoms with Crippen molar-refractivity contribution in [3.8, 4) is 0 Å². The van der Waals surface area contributed by atoms with Crippen LogP contribution in [0.5, 0.6) is 0 Å². The normalized spacial score (nSPS) is 25.3. The van der Waals surface area contributed by atoms with Crippen molar-refractivity contribution in [3.63, 3.8) is 0 Å². The predicted molar refractivity (Wildman–Crippen MR) is 79.9 cm³/mol. The molecular weight excluding hydrogens is 266 g/mol. The van der Waals surface area contributed by atoms with Crippen molar-refractivity contribution >= 4 is 6.09 Å². The van der Waals surface area contributed by atoms with Crippen LogP contribution in [0.15, 0.2) is 30.3 Å². The Morgan fingerprint density at radius 3 is 2.24 bits per heavy atom. The predicted octanol–water partition coefficient (Wildman–Crippen LogP) is 3.40. The quantitative estimate of drug-likeness (QED) is 0.903. The minimum Gasteiger partial charge on any atom is -0.445 e. The molecule has 3 rings (SSSR count). The molecule has 0 heterocycles. The summed E-state index contributed by atoms with van der Waals surface area (Å²) in [4.78, 5) is 11.8. The maximum atomic E-state index is 11.8. The molecule has 21 heavy (non-hydrogen) atoms. The summed E-state index contributed by atoms with van der Waals surface area (Å²) in [6.07, 6.45) is 7.11. The van der Waals surface area contributed by atoms with Crippen LogP contribution in [0.25, 0.3) is 0 Å². The Hall–Kier alpha value is -1.55. The van der Waals surface area contributed by atoms with E-state index in [1.807, 2.05) is 30.3 Å². The highest BCUT2D eigenvalue weighted by Crippen LogP contribution is 2.30. The molecule has 0 unspecified atom stereocenters. The van der Waals surface area contributed by atoms with Gasteiger partial charge in [0, 0.05) is 6.04 Å². The average molecular weight is 289 g/mol. The van der Waals surface area contributed by atoms with Gasteiger partial charge in [-0.05, 0) is 44.1 Å². The number of nitrogens with one attached hydrogen (secondary N) is 1. The van der Waals surface area contributed by atoms with Gasteiger partial charge in [0.2, 0.25) is 0 Å². The van der Waals surface area contributed by atoms with E-state index in [2.05, 4.69) is 5.32 Å². The van der Waals surface area contributed by atoms with Crippen molar-refractivity contribution < 1.29 is 14.3 Å². The SMILES string of the molecule is O=C(NC1CCC(OC2CC2)CC1)OCc1ccccc1. The molecule has 1 aromatic carbocycles. The lowest BCUT2D eigenvalue weighted by atomic mass is 9.93. The molecule has 2 fully saturated rings. The molecule has 2 saturated carbocycles. The zero-order chi connectivity index (χ0) is 14.5. The third kappa shape index (κ3) is 4.74. The second kappa shape index (κ2) is 6.94. The number of hydrogen-bond acceptors (Lipinski definition) is 3. The Labute approximate surface area is 125 Å². The van der Waals surface area contributed by atoms with Crippen LogP contribution >= 0.6 is 0 Å². The number of carbonyl (C=O) groups excluding carboxylic acids is 1. The molecule has 114 valence electrons. The monoisotopic (exact) mass is 289 g/mol. The van der Waals surface area contributed by atoms with Gasteiger partial charge in [-0.2, -0.15) is 0 Å². The number of rotatable bonds is 5. The van der Waals surface area contributed by atoms with Gasteiger partial charge in [0.25, 0.3) is 0 Å². The molecule has 0 saturated heterocycles. The van der Waals surface area contributed by atoms with E-state index in [9.17, 15) is 4.79 Å². The first-order chi connectivity index (χ1) is 10.3.